The average Bonchev–Trinajstić information content (AvgIpc) is 2.75. The van der Waals surface area contributed by atoms with Crippen LogP contribution in [0.25, 0.3) is 0 Å². The van der Waals surface area contributed by atoms with E-state index in [9.17, 15) is 5.11 Å². The fourth-order valence-corrected chi connectivity index (χ4v) is 1.76. The fraction of sp³-hybridized carbons (Fsp3) is 0.455. The second-order valence-electron chi connectivity index (χ2n) is 3.49. The van der Waals surface area contributed by atoms with Gasteiger partial charge in [-0.25, -0.2) is 0 Å². The van der Waals surface area contributed by atoms with E-state index in [1.54, 1.807) is 26.3 Å². The molecule has 0 radical (unpaired) electrons. The number of aliphatic hydroxyl groups excluding tert-OH is 1. The molecule has 0 amide bonds. The molecule has 0 fully saturated rings. The van der Waals surface area contributed by atoms with Crippen LogP contribution in [0.5, 0.6) is 17.2 Å². The van der Waals surface area contributed by atoms with Crippen LogP contribution in [-0.4, -0.2) is 32.6 Å². The van der Waals surface area contributed by atoms with Gasteiger partial charge in [-0.2, -0.15) is 0 Å². The van der Waals surface area contributed by atoms with Gasteiger partial charge in [0.2, 0.25) is 6.79 Å². The molecular weight excluding hydrogens is 210 g/mol. The van der Waals surface area contributed by atoms with E-state index >= 15 is 0 Å². The molecule has 1 aromatic rings. The molecule has 0 bridgehead atoms. The lowest BCUT2D eigenvalue weighted by molar-refractivity contribution is 0.155. The average molecular weight is 225 g/mol. The summed E-state index contributed by atoms with van der Waals surface area (Å²) in [6.45, 7) is 0.609. The van der Waals surface area contributed by atoms with Crippen LogP contribution in [0, 0.1) is 0 Å². The van der Waals surface area contributed by atoms with Crippen molar-refractivity contribution in [3.05, 3.63) is 17.7 Å². The largest absolute Gasteiger partial charge is 0.496 e. The number of likely N-dealkylation sites (N-methyl/N-ethyl adjacent to an activating group) is 1. The Morgan fingerprint density at radius 2 is 2.31 bits per heavy atom. The maximum Gasteiger partial charge on any atom is 0.231 e. The minimum atomic E-state index is -0.684. The number of nitrogens with one attached hydrogen (secondary N) is 1. The van der Waals surface area contributed by atoms with Crippen molar-refractivity contribution < 1.29 is 19.3 Å². The van der Waals surface area contributed by atoms with E-state index in [1.807, 2.05) is 0 Å². The quantitative estimate of drug-likeness (QED) is 0.789. The molecule has 1 aliphatic rings. The predicted octanol–water partition coefficient (Wildman–Crippen LogP) is 0.677. The Kier molecular flexibility index (Phi) is 3.17. The van der Waals surface area contributed by atoms with Crippen LogP contribution < -0.4 is 19.5 Å². The van der Waals surface area contributed by atoms with Crippen LogP contribution in [0.1, 0.15) is 11.7 Å². The summed E-state index contributed by atoms with van der Waals surface area (Å²) >= 11 is 0. The van der Waals surface area contributed by atoms with Gasteiger partial charge in [-0.1, -0.05) is 0 Å². The maximum atomic E-state index is 10.0. The summed E-state index contributed by atoms with van der Waals surface area (Å²) in [7, 11) is 3.34. The highest BCUT2D eigenvalue weighted by Gasteiger charge is 2.25. The van der Waals surface area contributed by atoms with Crippen molar-refractivity contribution in [2.24, 2.45) is 0 Å². The number of hydrogen-bond acceptors (Lipinski definition) is 5. The molecule has 1 atom stereocenters. The highest BCUT2D eigenvalue weighted by atomic mass is 16.7. The molecule has 2 rings (SSSR count). The molecule has 1 unspecified atom stereocenters. The standard InChI is InChI=1S/C11H15NO4/c1-12-5-7(13)10-8(14-2)3-4-9-11(10)16-6-15-9/h3-4,7,12-13H,5-6H2,1-2H3. The highest BCUT2D eigenvalue weighted by Crippen LogP contribution is 2.43. The second kappa shape index (κ2) is 4.59. The van der Waals surface area contributed by atoms with Crippen molar-refractivity contribution in [1.29, 1.82) is 0 Å². The predicted molar refractivity (Wildman–Crippen MR) is 58.0 cm³/mol. The van der Waals surface area contributed by atoms with E-state index in [0.717, 1.165) is 0 Å². The first-order valence-corrected chi connectivity index (χ1v) is 5.07. The third-order valence-corrected chi connectivity index (χ3v) is 2.49. The van der Waals surface area contributed by atoms with Crippen LogP contribution in [0.4, 0.5) is 0 Å². The summed E-state index contributed by atoms with van der Waals surface area (Å²) in [5.74, 6) is 1.82. The summed E-state index contributed by atoms with van der Waals surface area (Å²) in [5.41, 5.74) is 0.631. The maximum absolute atomic E-state index is 10.0. The van der Waals surface area contributed by atoms with Gasteiger partial charge in [0.25, 0.3) is 0 Å². The van der Waals surface area contributed by atoms with Gasteiger partial charge in [0.15, 0.2) is 11.5 Å². The van der Waals surface area contributed by atoms with Gasteiger partial charge in [-0.15, -0.1) is 0 Å². The van der Waals surface area contributed by atoms with Gasteiger partial charge >= 0.3 is 0 Å². The molecule has 88 valence electrons. The van der Waals surface area contributed by atoms with Gasteiger partial charge in [0.05, 0.1) is 18.8 Å². The van der Waals surface area contributed by atoms with E-state index in [0.29, 0.717) is 29.4 Å². The molecule has 0 spiro atoms. The normalized spacial score (nSPS) is 14.9. The number of aliphatic hydroxyl groups is 1. The second-order valence-corrected chi connectivity index (χ2v) is 3.49. The van der Waals surface area contributed by atoms with E-state index in [2.05, 4.69) is 5.32 Å². The number of ether oxygens (including phenoxy) is 3. The molecule has 2 N–H and O–H groups in total. The molecule has 0 saturated carbocycles. The number of methoxy groups -OCH3 is 1. The Labute approximate surface area is 93.9 Å². The van der Waals surface area contributed by atoms with E-state index in [4.69, 9.17) is 14.2 Å². The zero-order chi connectivity index (χ0) is 11.5. The van der Waals surface area contributed by atoms with Crippen LogP contribution >= 0.6 is 0 Å². The summed E-state index contributed by atoms with van der Waals surface area (Å²) in [4.78, 5) is 0. The SMILES string of the molecule is CNCC(O)c1c(OC)ccc2c1OCO2. The molecule has 1 aliphatic heterocycles. The molecule has 16 heavy (non-hydrogen) atoms. The Morgan fingerprint density at radius 3 is 3.00 bits per heavy atom. The number of hydrogen-bond donors (Lipinski definition) is 2. The summed E-state index contributed by atoms with van der Waals surface area (Å²) in [6, 6.07) is 3.54. The van der Waals surface area contributed by atoms with Crippen molar-refractivity contribution in [3.63, 3.8) is 0 Å². The van der Waals surface area contributed by atoms with E-state index in [-0.39, 0.29) is 6.79 Å². The molecular formula is C11H15NO4. The Bertz CT molecular complexity index is 380. The summed E-state index contributed by atoms with van der Waals surface area (Å²) in [5, 5.41) is 12.9. The first-order chi connectivity index (χ1) is 7.77. The summed E-state index contributed by atoms with van der Waals surface area (Å²) < 4.78 is 15.8. The van der Waals surface area contributed by atoms with Crippen molar-refractivity contribution in [1.82, 2.24) is 5.32 Å². The van der Waals surface area contributed by atoms with Crippen LogP contribution in [0.3, 0.4) is 0 Å². The van der Waals surface area contributed by atoms with Gasteiger partial charge in [-0.05, 0) is 19.2 Å². The van der Waals surface area contributed by atoms with Gasteiger partial charge in [-0.3, -0.25) is 0 Å². The highest BCUT2D eigenvalue weighted by molar-refractivity contribution is 5.56. The van der Waals surface area contributed by atoms with Gasteiger partial charge in [0.1, 0.15) is 5.75 Å². The molecule has 5 nitrogen and oxygen atoms in total. The van der Waals surface area contributed by atoms with Crippen molar-refractivity contribution >= 4 is 0 Å². The third kappa shape index (κ3) is 1.79. The summed E-state index contributed by atoms with van der Waals surface area (Å²) in [6.07, 6.45) is -0.684. The zero-order valence-electron chi connectivity index (χ0n) is 9.32. The molecule has 0 aliphatic carbocycles. The molecule has 1 aromatic carbocycles. The minimum absolute atomic E-state index is 0.182. The lowest BCUT2D eigenvalue weighted by Gasteiger charge is -2.16. The van der Waals surface area contributed by atoms with E-state index < -0.39 is 6.10 Å². The number of rotatable bonds is 4. The molecule has 5 heteroatoms. The first-order valence-electron chi connectivity index (χ1n) is 5.07. The van der Waals surface area contributed by atoms with Crippen LogP contribution in [-0.2, 0) is 0 Å². The molecule has 1 heterocycles. The zero-order valence-corrected chi connectivity index (χ0v) is 9.32. The first kappa shape index (κ1) is 11.0. The van der Waals surface area contributed by atoms with Crippen LogP contribution in [0.2, 0.25) is 0 Å². The van der Waals surface area contributed by atoms with Crippen molar-refractivity contribution in [3.8, 4) is 17.2 Å². The third-order valence-electron chi connectivity index (χ3n) is 2.49. The van der Waals surface area contributed by atoms with Crippen molar-refractivity contribution in [2.75, 3.05) is 27.5 Å². The van der Waals surface area contributed by atoms with Crippen molar-refractivity contribution in [2.45, 2.75) is 6.10 Å². The smallest absolute Gasteiger partial charge is 0.231 e. The van der Waals surface area contributed by atoms with E-state index in [1.165, 1.54) is 0 Å². The number of benzene rings is 1. The Hall–Kier alpha value is -1.46. The Balaban J connectivity index is 2.43. The number of fused-ring (bicyclic) bond motifs is 1. The van der Waals surface area contributed by atoms with Gasteiger partial charge < -0.3 is 24.6 Å². The monoisotopic (exact) mass is 225 g/mol. The molecule has 0 saturated heterocycles. The fourth-order valence-electron chi connectivity index (χ4n) is 1.76. The minimum Gasteiger partial charge on any atom is -0.496 e. The van der Waals surface area contributed by atoms with Gasteiger partial charge in [0, 0.05) is 6.54 Å². The lowest BCUT2D eigenvalue weighted by Crippen LogP contribution is -2.17. The van der Waals surface area contributed by atoms with Crippen LogP contribution in [0.15, 0.2) is 12.1 Å². The Morgan fingerprint density at radius 1 is 1.50 bits per heavy atom. The molecule has 0 aromatic heterocycles. The lowest BCUT2D eigenvalue weighted by atomic mass is 10.1. The topological polar surface area (TPSA) is 60.0 Å².